The van der Waals surface area contributed by atoms with Gasteiger partial charge in [-0.2, -0.15) is 4.68 Å². The van der Waals surface area contributed by atoms with Crippen molar-refractivity contribution in [3.63, 3.8) is 0 Å². The molecule has 0 fully saturated rings. The summed E-state index contributed by atoms with van der Waals surface area (Å²) in [7, 11) is 2.01. The summed E-state index contributed by atoms with van der Waals surface area (Å²) in [5, 5.41) is 16.2. The van der Waals surface area contributed by atoms with E-state index in [4.69, 9.17) is 0 Å². The van der Waals surface area contributed by atoms with Crippen molar-refractivity contribution in [2.45, 2.75) is 31.5 Å². The molecule has 20 heavy (non-hydrogen) atoms. The zero-order chi connectivity index (χ0) is 14.4. The van der Waals surface area contributed by atoms with Crippen LogP contribution in [0.3, 0.4) is 0 Å². The highest BCUT2D eigenvalue weighted by molar-refractivity contribution is 7.99. The molecule has 108 valence electrons. The van der Waals surface area contributed by atoms with Crippen molar-refractivity contribution < 1.29 is 0 Å². The maximum atomic E-state index is 4.12. The molecule has 2 rings (SSSR count). The van der Waals surface area contributed by atoms with Crippen LogP contribution in [0.4, 0.5) is 0 Å². The molecule has 0 aliphatic heterocycles. The predicted molar refractivity (Wildman–Crippen MR) is 82.2 cm³/mol. The summed E-state index contributed by atoms with van der Waals surface area (Å²) in [5.41, 5.74) is 0.990. The number of para-hydroxylation sites is 1. The fourth-order valence-corrected chi connectivity index (χ4v) is 3.16. The van der Waals surface area contributed by atoms with Crippen LogP contribution in [0.1, 0.15) is 20.3 Å². The molecule has 0 saturated heterocycles. The van der Waals surface area contributed by atoms with E-state index in [0.29, 0.717) is 12.0 Å². The van der Waals surface area contributed by atoms with Gasteiger partial charge in [0.2, 0.25) is 5.16 Å². The van der Waals surface area contributed by atoms with E-state index in [9.17, 15) is 0 Å². The topological polar surface area (TPSA) is 55.6 Å². The Morgan fingerprint density at radius 2 is 2.05 bits per heavy atom. The number of hydrogen-bond donors (Lipinski definition) is 1. The van der Waals surface area contributed by atoms with E-state index in [1.54, 1.807) is 16.4 Å². The second kappa shape index (κ2) is 7.40. The maximum Gasteiger partial charge on any atom is 0.214 e. The molecule has 2 unspecified atom stereocenters. The molecule has 0 spiro atoms. The Morgan fingerprint density at radius 1 is 1.30 bits per heavy atom. The highest BCUT2D eigenvalue weighted by Crippen LogP contribution is 2.21. The lowest BCUT2D eigenvalue weighted by Crippen LogP contribution is -2.34. The molecule has 0 saturated carbocycles. The lowest BCUT2D eigenvalue weighted by molar-refractivity contribution is 0.420. The summed E-state index contributed by atoms with van der Waals surface area (Å²) in [6.45, 7) is 4.48. The maximum absolute atomic E-state index is 4.12. The first-order valence-electron chi connectivity index (χ1n) is 6.90. The van der Waals surface area contributed by atoms with Crippen LogP contribution in [0.2, 0.25) is 0 Å². The molecule has 0 bridgehead atoms. The van der Waals surface area contributed by atoms with E-state index < -0.39 is 0 Å². The van der Waals surface area contributed by atoms with Gasteiger partial charge in [0.15, 0.2) is 0 Å². The van der Waals surface area contributed by atoms with Gasteiger partial charge in [0.1, 0.15) is 0 Å². The standard InChI is InChI=1S/C14H21N5S/c1-4-11(2)13(15-3)10-20-14-16-17-18-19(14)12-8-6-5-7-9-12/h5-9,11,13,15H,4,10H2,1-3H3. The highest BCUT2D eigenvalue weighted by Gasteiger charge is 2.16. The summed E-state index contributed by atoms with van der Waals surface area (Å²) in [5.74, 6) is 1.59. The fourth-order valence-electron chi connectivity index (χ4n) is 1.98. The Kier molecular flexibility index (Phi) is 5.55. The van der Waals surface area contributed by atoms with Crippen molar-refractivity contribution in [1.82, 2.24) is 25.5 Å². The highest BCUT2D eigenvalue weighted by atomic mass is 32.2. The summed E-state index contributed by atoms with van der Waals surface area (Å²) >= 11 is 1.69. The van der Waals surface area contributed by atoms with Gasteiger partial charge in [0, 0.05) is 11.8 Å². The molecule has 1 heterocycles. The minimum Gasteiger partial charge on any atom is -0.316 e. The van der Waals surface area contributed by atoms with Crippen molar-refractivity contribution in [2.24, 2.45) is 5.92 Å². The van der Waals surface area contributed by atoms with Crippen molar-refractivity contribution >= 4 is 11.8 Å². The van der Waals surface area contributed by atoms with Gasteiger partial charge in [-0.1, -0.05) is 50.2 Å². The predicted octanol–water partition coefficient (Wildman–Crippen LogP) is 2.39. The molecule has 1 aromatic carbocycles. The van der Waals surface area contributed by atoms with E-state index in [1.807, 2.05) is 37.4 Å². The third kappa shape index (κ3) is 3.58. The molecular weight excluding hydrogens is 270 g/mol. The van der Waals surface area contributed by atoms with Crippen LogP contribution >= 0.6 is 11.8 Å². The normalized spacial score (nSPS) is 14.2. The van der Waals surface area contributed by atoms with Crippen LogP contribution < -0.4 is 5.32 Å². The molecule has 1 aromatic heterocycles. The van der Waals surface area contributed by atoms with Gasteiger partial charge in [-0.15, -0.1) is 5.10 Å². The number of tetrazole rings is 1. The van der Waals surface area contributed by atoms with E-state index in [-0.39, 0.29) is 0 Å². The van der Waals surface area contributed by atoms with Gasteiger partial charge in [0.05, 0.1) is 5.69 Å². The number of nitrogens with one attached hydrogen (secondary N) is 1. The molecule has 0 aliphatic carbocycles. The van der Waals surface area contributed by atoms with Crippen molar-refractivity contribution in [2.75, 3.05) is 12.8 Å². The van der Waals surface area contributed by atoms with E-state index in [1.165, 1.54) is 0 Å². The number of hydrogen-bond acceptors (Lipinski definition) is 5. The SMILES string of the molecule is CCC(C)C(CSc1nnnn1-c1ccccc1)NC. The van der Waals surface area contributed by atoms with Gasteiger partial charge in [-0.3, -0.25) is 0 Å². The van der Waals surface area contributed by atoms with Crippen molar-refractivity contribution in [3.05, 3.63) is 30.3 Å². The molecule has 6 heteroatoms. The second-order valence-electron chi connectivity index (χ2n) is 4.80. The average molecular weight is 291 g/mol. The Labute approximate surface area is 124 Å². The molecule has 1 N–H and O–H groups in total. The first kappa shape index (κ1) is 15.0. The summed E-state index contributed by atoms with van der Waals surface area (Å²) < 4.78 is 1.79. The zero-order valence-electron chi connectivity index (χ0n) is 12.2. The smallest absolute Gasteiger partial charge is 0.214 e. The van der Waals surface area contributed by atoms with Gasteiger partial charge < -0.3 is 5.32 Å². The largest absolute Gasteiger partial charge is 0.316 e. The van der Waals surface area contributed by atoms with Crippen LogP contribution in [0, 0.1) is 5.92 Å². The molecule has 2 aromatic rings. The number of rotatable bonds is 7. The van der Waals surface area contributed by atoms with Crippen molar-refractivity contribution in [1.29, 1.82) is 0 Å². The average Bonchev–Trinajstić information content (AvgIpc) is 2.97. The summed E-state index contributed by atoms with van der Waals surface area (Å²) in [4.78, 5) is 0. The third-order valence-corrected chi connectivity index (χ3v) is 4.57. The zero-order valence-corrected chi connectivity index (χ0v) is 13.0. The number of aromatic nitrogens is 4. The Morgan fingerprint density at radius 3 is 2.70 bits per heavy atom. The van der Waals surface area contributed by atoms with Crippen LogP contribution in [-0.4, -0.2) is 39.0 Å². The minimum absolute atomic E-state index is 0.464. The molecule has 0 aliphatic rings. The number of benzene rings is 1. The Hall–Kier alpha value is -1.40. The monoisotopic (exact) mass is 291 g/mol. The molecule has 0 amide bonds. The lowest BCUT2D eigenvalue weighted by atomic mass is 10.0. The van der Waals surface area contributed by atoms with Gasteiger partial charge >= 0.3 is 0 Å². The van der Waals surface area contributed by atoms with Crippen LogP contribution in [-0.2, 0) is 0 Å². The van der Waals surface area contributed by atoms with E-state index in [0.717, 1.165) is 23.0 Å². The first-order valence-corrected chi connectivity index (χ1v) is 7.88. The molecule has 5 nitrogen and oxygen atoms in total. The van der Waals surface area contributed by atoms with Gasteiger partial charge in [-0.25, -0.2) is 0 Å². The molecule has 2 atom stereocenters. The number of thioether (sulfide) groups is 1. The molecular formula is C14H21N5S. The fraction of sp³-hybridized carbons (Fsp3) is 0.500. The van der Waals surface area contributed by atoms with Crippen LogP contribution in [0.5, 0.6) is 0 Å². The first-order chi connectivity index (χ1) is 9.76. The minimum atomic E-state index is 0.464. The van der Waals surface area contributed by atoms with Crippen LogP contribution in [0.15, 0.2) is 35.5 Å². The van der Waals surface area contributed by atoms with Crippen molar-refractivity contribution in [3.8, 4) is 5.69 Å². The third-order valence-electron chi connectivity index (χ3n) is 3.54. The second-order valence-corrected chi connectivity index (χ2v) is 5.79. The molecule has 0 radical (unpaired) electrons. The van der Waals surface area contributed by atoms with Crippen LogP contribution in [0.25, 0.3) is 5.69 Å². The van der Waals surface area contributed by atoms with Gasteiger partial charge in [0.25, 0.3) is 0 Å². The number of nitrogens with zero attached hydrogens (tertiary/aromatic N) is 4. The quantitative estimate of drug-likeness (QED) is 0.794. The Bertz CT molecular complexity index is 513. The van der Waals surface area contributed by atoms with Gasteiger partial charge in [-0.05, 0) is 35.5 Å². The van der Waals surface area contributed by atoms with E-state index in [2.05, 4.69) is 34.7 Å². The summed E-state index contributed by atoms with van der Waals surface area (Å²) in [6, 6.07) is 10.4. The lowest BCUT2D eigenvalue weighted by Gasteiger charge is -2.21. The summed E-state index contributed by atoms with van der Waals surface area (Å²) in [6.07, 6.45) is 1.16. The van der Waals surface area contributed by atoms with E-state index >= 15 is 0 Å². The Balaban J connectivity index is 2.06.